The molecule has 138 valence electrons. The fraction of sp³-hybridized carbons (Fsp3) is 0.176. The van der Waals surface area contributed by atoms with Crippen molar-refractivity contribution >= 4 is 33.8 Å². The van der Waals surface area contributed by atoms with Crippen LogP contribution < -0.4 is 5.73 Å². The lowest BCUT2D eigenvalue weighted by atomic mass is 10.1. The molecule has 0 aliphatic heterocycles. The second-order valence-electron chi connectivity index (χ2n) is 5.59. The van der Waals surface area contributed by atoms with Gasteiger partial charge in [-0.2, -0.15) is 0 Å². The minimum Gasteiger partial charge on any atom is -0.411 e. The molecule has 0 fully saturated rings. The van der Waals surface area contributed by atoms with Crippen molar-refractivity contribution in [3.63, 3.8) is 0 Å². The van der Waals surface area contributed by atoms with Gasteiger partial charge in [0.15, 0.2) is 0 Å². The van der Waals surface area contributed by atoms with Crippen LogP contribution in [0.2, 0.25) is 5.02 Å². The van der Waals surface area contributed by atoms with E-state index in [4.69, 9.17) is 21.8 Å². The summed E-state index contributed by atoms with van der Waals surface area (Å²) in [6, 6.07) is 15.5. The Kier molecular flexibility index (Phi) is 6.77. The van der Waals surface area contributed by atoms with Gasteiger partial charge >= 0.3 is 5.22 Å². The van der Waals surface area contributed by atoms with E-state index >= 15 is 0 Å². The van der Waals surface area contributed by atoms with Gasteiger partial charge in [-0.3, -0.25) is 0 Å². The van der Waals surface area contributed by atoms with Crippen LogP contribution in [0.3, 0.4) is 0 Å². The lowest BCUT2D eigenvalue weighted by Gasteiger charge is -2.06. The molecule has 0 aliphatic rings. The maximum atomic E-state index is 12.4. The minimum atomic E-state index is -3.75. The summed E-state index contributed by atoms with van der Waals surface area (Å²) < 4.78 is 30.1. The summed E-state index contributed by atoms with van der Waals surface area (Å²) >= 11 is 5.80. The molecule has 9 heteroatoms. The Morgan fingerprint density at radius 3 is 2.31 bits per heavy atom. The van der Waals surface area contributed by atoms with Crippen molar-refractivity contribution in [3.05, 3.63) is 76.6 Å². The summed E-state index contributed by atoms with van der Waals surface area (Å²) in [5.41, 5.74) is 7.63. The van der Waals surface area contributed by atoms with Crippen LogP contribution in [0.1, 0.15) is 23.1 Å². The maximum Gasteiger partial charge on any atom is 0.335 e. The van der Waals surface area contributed by atoms with E-state index in [1.54, 1.807) is 24.3 Å². The Hall–Kier alpha value is -1.93. The average Bonchev–Trinajstić information content (AvgIpc) is 3.09. The first-order chi connectivity index (χ1) is 11.9. The molecule has 3 aromatic rings. The summed E-state index contributed by atoms with van der Waals surface area (Å²) in [4.78, 5) is 0. The van der Waals surface area contributed by atoms with Gasteiger partial charge in [-0.05, 0) is 29.7 Å². The number of nitrogens with two attached hydrogens (primary N) is 1. The van der Waals surface area contributed by atoms with Crippen molar-refractivity contribution in [3.8, 4) is 0 Å². The molecule has 0 bridgehead atoms. The molecule has 0 saturated carbocycles. The molecule has 0 aliphatic carbocycles. The zero-order chi connectivity index (χ0) is 17.9. The summed E-state index contributed by atoms with van der Waals surface area (Å²) in [7, 11) is -3.75. The Labute approximate surface area is 162 Å². The second kappa shape index (κ2) is 8.64. The zero-order valence-corrected chi connectivity index (χ0v) is 16.0. The monoisotopic (exact) mass is 413 g/mol. The molecule has 1 atom stereocenters. The average molecular weight is 414 g/mol. The number of hydrogen-bond donors (Lipinski definition) is 1. The molecule has 0 radical (unpaired) electrons. The molecule has 0 unspecified atom stereocenters. The molecule has 3 rings (SSSR count). The molecular formula is C17H17Cl2N3O3S. The second-order valence-corrected chi connectivity index (χ2v) is 7.89. The molecule has 6 nitrogen and oxygen atoms in total. The van der Waals surface area contributed by atoms with Gasteiger partial charge in [0.1, 0.15) is 0 Å². The van der Waals surface area contributed by atoms with Crippen molar-refractivity contribution < 1.29 is 12.8 Å². The van der Waals surface area contributed by atoms with Gasteiger partial charge in [-0.25, -0.2) is 8.42 Å². The van der Waals surface area contributed by atoms with Crippen LogP contribution in [0.5, 0.6) is 0 Å². The molecular weight excluding hydrogens is 397 g/mol. The third-order valence-electron chi connectivity index (χ3n) is 3.57. The molecule has 1 aromatic heterocycles. The molecule has 2 N–H and O–H groups in total. The minimum absolute atomic E-state index is 0. The van der Waals surface area contributed by atoms with Crippen LogP contribution in [-0.2, 0) is 22.0 Å². The van der Waals surface area contributed by atoms with Crippen molar-refractivity contribution in [2.45, 2.75) is 23.4 Å². The largest absolute Gasteiger partial charge is 0.411 e. The molecule has 26 heavy (non-hydrogen) atoms. The third kappa shape index (κ3) is 5.04. The maximum absolute atomic E-state index is 12.4. The lowest BCUT2D eigenvalue weighted by molar-refractivity contribution is 0.372. The molecule has 0 spiro atoms. The predicted molar refractivity (Wildman–Crippen MR) is 101 cm³/mol. The van der Waals surface area contributed by atoms with E-state index in [0.717, 1.165) is 5.56 Å². The summed E-state index contributed by atoms with van der Waals surface area (Å²) in [5.74, 6) is -0.154. The van der Waals surface area contributed by atoms with Crippen LogP contribution >= 0.6 is 24.0 Å². The van der Waals surface area contributed by atoms with Crippen molar-refractivity contribution in [1.29, 1.82) is 0 Å². The smallest absolute Gasteiger partial charge is 0.335 e. The van der Waals surface area contributed by atoms with Crippen LogP contribution in [-0.4, -0.2) is 18.6 Å². The number of benzene rings is 2. The van der Waals surface area contributed by atoms with Crippen molar-refractivity contribution in [2.75, 3.05) is 0 Å². The predicted octanol–water partition coefficient (Wildman–Crippen LogP) is 3.36. The summed E-state index contributed by atoms with van der Waals surface area (Å²) in [5, 5.41) is 7.55. The normalized spacial score (nSPS) is 12.4. The highest BCUT2D eigenvalue weighted by molar-refractivity contribution is 7.90. The quantitative estimate of drug-likeness (QED) is 0.664. The fourth-order valence-corrected chi connectivity index (χ4v) is 3.57. The van der Waals surface area contributed by atoms with Crippen molar-refractivity contribution in [1.82, 2.24) is 10.2 Å². The van der Waals surface area contributed by atoms with Gasteiger partial charge in [-0.1, -0.05) is 59.2 Å². The van der Waals surface area contributed by atoms with E-state index in [1.165, 1.54) is 0 Å². The molecule has 0 saturated heterocycles. The lowest BCUT2D eigenvalue weighted by Crippen LogP contribution is -2.13. The van der Waals surface area contributed by atoms with E-state index in [-0.39, 0.29) is 24.1 Å². The highest BCUT2D eigenvalue weighted by Crippen LogP contribution is 2.20. The Bertz CT molecular complexity index is 945. The van der Waals surface area contributed by atoms with Gasteiger partial charge in [0.2, 0.25) is 15.7 Å². The van der Waals surface area contributed by atoms with E-state index in [1.807, 2.05) is 30.3 Å². The van der Waals surface area contributed by atoms with E-state index in [9.17, 15) is 8.42 Å². The van der Waals surface area contributed by atoms with Gasteiger partial charge < -0.3 is 10.2 Å². The van der Waals surface area contributed by atoms with Gasteiger partial charge in [-0.15, -0.1) is 17.5 Å². The molecule has 2 aromatic carbocycles. The highest BCUT2D eigenvalue weighted by Gasteiger charge is 2.25. The number of sulfone groups is 1. The summed E-state index contributed by atoms with van der Waals surface area (Å²) in [6.07, 6.45) is 0.472. The topological polar surface area (TPSA) is 99.1 Å². The highest BCUT2D eigenvalue weighted by atomic mass is 35.5. The van der Waals surface area contributed by atoms with Gasteiger partial charge in [0.05, 0.1) is 11.8 Å². The van der Waals surface area contributed by atoms with E-state index in [2.05, 4.69) is 10.2 Å². The summed E-state index contributed by atoms with van der Waals surface area (Å²) in [6.45, 7) is 0. The SMILES string of the molecule is Cl.N[C@@H](Cc1ccccc1)c1nnc(S(=O)(=O)Cc2ccc(Cl)cc2)o1. The third-order valence-corrected chi connectivity index (χ3v) is 5.24. The van der Waals surface area contributed by atoms with E-state index in [0.29, 0.717) is 17.0 Å². The molecule has 0 amide bonds. The fourth-order valence-electron chi connectivity index (χ4n) is 2.31. The first-order valence-electron chi connectivity index (χ1n) is 7.54. The van der Waals surface area contributed by atoms with Crippen LogP contribution in [0, 0.1) is 0 Å². The number of hydrogen-bond acceptors (Lipinski definition) is 6. The standard InChI is InChI=1S/C17H16ClN3O3S.ClH/c18-14-8-6-13(7-9-14)11-25(22,23)17-21-20-16(24-17)15(19)10-12-4-2-1-3-5-12;/h1-9,15H,10-11,19H2;1H/t15-;/m0./s1. The van der Waals surface area contributed by atoms with Gasteiger partial charge in [0, 0.05) is 5.02 Å². The number of rotatable bonds is 6. The van der Waals surface area contributed by atoms with Crippen molar-refractivity contribution in [2.24, 2.45) is 5.73 Å². The number of nitrogens with zero attached hydrogens (tertiary/aromatic N) is 2. The zero-order valence-electron chi connectivity index (χ0n) is 13.6. The Morgan fingerprint density at radius 1 is 1.00 bits per heavy atom. The van der Waals surface area contributed by atoms with E-state index < -0.39 is 21.1 Å². The first-order valence-corrected chi connectivity index (χ1v) is 9.57. The van der Waals surface area contributed by atoms with Crippen LogP contribution in [0.25, 0.3) is 0 Å². The number of aromatic nitrogens is 2. The Balaban J connectivity index is 0.00000243. The Morgan fingerprint density at radius 2 is 1.65 bits per heavy atom. The van der Waals surface area contributed by atoms with Crippen LogP contribution in [0.4, 0.5) is 0 Å². The molecule has 1 heterocycles. The van der Waals surface area contributed by atoms with Crippen LogP contribution in [0.15, 0.2) is 64.2 Å². The first kappa shape index (κ1) is 20.4. The number of halogens is 2. The van der Waals surface area contributed by atoms with Gasteiger partial charge in [0.25, 0.3) is 0 Å².